The molecule has 0 aliphatic carbocycles. The molecule has 1 unspecified atom stereocenters. The van der Waals surface area contributed by atoms with Crippen molar-refractivity contribution < 1.29 is 4.79 Å². The van der Waals surface area contributed by atoms with Gasteiger partial charge in [0.15, 0.2) is 0 Å². The van der Waals surface area contributed by atoms with Crippen LogP contribution in [0, 0.1) is 5.41 Å². The Morgan fingerprint density at radius 2 is 2.00 bits per heavy atom. The lowest BCUT2D eigenvalue weighted by molar-refractivity contribution is -0.139. The van der Waals surface area contributed by atoms with Gasteiger partial charge < -0.3 is 4.90 Å². The maximum Gasteiger partial charge on any atom is 0.229 e. The lowest BCUT2D eigenvalue weighted by Gasteiger charge is -2.32. The molecule has 0 aromatic heterocycles. The van der Waals surface area contributed by atoms with Crippen molar-refractivity contribution in [3.05, 3.63) is 0 Å². The number of alkyl halides is 1. The Balaban J connectivity index is 4.38. The first-order valence-corrected chi connectivity index (χ1v) is 5.73. The summed E-state index contributed by atoms with van der Waals surface area (Å²) in [7, 11) is 1.86. The van der Waals surface area contributed by atoms with Crippen LogP contribution in [0.4, 0.5) is 0 Å². The molecule has 3 heteroatoms. The van der Waals surface area contributed by atoms with E-state index in [1.807, 2.05) is 25.8 Å². The zero-order valence-corrected chi connectivity index (χ0v) is 10.7. The highest BCUT2D eigenvalue weighted by Gasteiger charge is 2.31. The van der Waals surface area contributed by atoms with Crippen LogP contribution in [0.3, 0.4) is 0 Å². The molecule has 0 spiro atoms. The van der Waals surface area contributed by atoms with Crippen molar-refractivity contribution in [1.82, 2.24) is 4.90 Å². The third-order valence-electron chi connectivity index (χ3n) is 2.60. The summed E-state index contributed by atoms with van der Waals surface area (Å²) in [4.78, 5) is 13.8. The molecule has 0 aromatic rings. The lowest BCUT2D eigenvalue weighted by atomic mass is 9.93. The number of hydrogen-bond donors (Lipinski definition) is 0. The van der Waals surface area contributed by atoms with E-state index in [9.17, 15) is 4.79 Å². The van der Waals surface area contributed by atoms with E-state index in [-0.39, 0.29) is 5.91 Å². The minimum atomic E-state index is -0.446. The standard InChI is InChI=1S/C11H22ClNO/c1-6-7-9(2)13(5)10(14)11(3,4)8-12/h9H,6-8H2,1-5H3. The lowest BCUT2D eigenvalue weighted by Crippen LogP contribution is -2.44. The van der Waals surface area contributed by atoms with E-state index >= 15 is 0 Å². The number of hydrogen-bond acceptors (Lipinski definition) is 1. The molecule has 0 aromatic carbocycles. The van der Waals surface area contributed by atoms with Gasteiger partial charge in [0.2, 0.25) is 5.91 Å². The third kappa shape index (κ3) is 3.49. The zero-order chi connectivity index (χ0) is 11.4. The summed E-state index contributed by atoms with van der Waals surface area (Å²) in [5.74, 6) is 0.503. The van der Waals surface area contributed by atoms with Crippen LogP contribution >= 0.6 is 11.6 Å². The van der Waals surface area contributed by atoms with Crippen LogP contribution in [0.25, 0.3) is 0 Å². The van der Waals surface area contributed by atoms with E-state index in [0.29, 0.717) is 11.9 Å². The zero-order valence-electron chi connectivity index (χ0n) is 9.93. The number of amides is 1. The second-order valence-electron chi connectivity index (χ2n) is 4.57. The highest BCUT2D eigenvalue weighted by molar-refractivity contribution is 6.19. The van der Waals surface area contributed by atoms with Crippen LogP contribution in [0.15, 0.2) is 0 Å². The molecule has 0 saturated carbocycles. The fourth-order valence-corrected chi connectivity index (χ4v) is 1.46. The van der Waals surface area contributed by atoms with Crippen LogP contribution in [-0.4, -0.2) is 29.8 Å². The molecule has 1 atom stereocenters. The van der Waals surface area contributed by atoms with Crippen molar-refractivity contribution in [1.29, 1.82) is 0 Å². The third-order valence-corrected chi connectivity index (χ3v) is 3.27. The summed E-state index contributed by atoms with van der Waals surface area (Å²) in [5, 5.41) is 0. The summed E-state index contributed by atoms with van der Waals surface area (Å²) in [6.07, 6.45) is 2.14. The fraction of sp³-hybridized carbons (Fsp3) is 0.909. The number of rotatable bonds is 5. The topological polar surface area (TPSA) is 20.3 Å². The van der Waals surface area contributed by atoms with Gasteiger partial charge in [-0.05, 0) is 27.2 Å². The Morgan fingerprint density at radius 1 is 1.50 bits per heavy atom. The van der Waals surface area contributed by atoms with Gasteiger partial charge in [-0.3, -0.25) is 4.79 Å². The fourth-order valence-electron chi connectivity index (χ4n) is 1.35. The molecule has 0 rings (SSSR count). The molecule has 0 N–H and O–H groups in total. The number of carbonyl (C=O) groups excluding carboxylic acids is 1. The number of carbonyl (C=O) groups is 1. The van der Waals surface area contributed by atoms with Gasteiger partial charge in [0.05, 0.1) is 5.41 Å². The van der Waals surface area contributed by atoms with Crippen LogP contribution in [0.5, 0.6) is 0 Å². The molecule has 0 bridgehead atoms. The van der Waals surface area contributed by atoms with Crippen molar-refractivity contribution in [2.45, 2.75) is 46.6 Å². The first kappa shape index (κ1) is 13.8. The van der Waals surface area contributed by atoms with E-state index in [1.54, 1.807) is 0 Å². The van der Waals surface area contributed by atoms with Crippen molar-refractivity contribution in [3.8, 4) is 0 Å². The average Bonchev–Trinajstić information content (AvgIpc) is 2.15. The first-order chi connectivity index (χ1) is 6.36. The highest BCUT2D eigenvalue weighted by atomic mass is 35.5. The molecule has 0 aliphatic rings. The average molecular weight is 220 g/mol. The molecular weight excluding hydrogens is 198 g/mol. The normalized spacial score (nSPS) is 13.9. The largest absolute Gasteiger partial charge is 0.343 e. The summed E-state index contributed by atoms with van der Waals surface area (Å²) >= 11 is 5.77. The first-order valence-electron chi connectivity index (χ1n) is 5.20. The Labute approximate surface area is 92.6 Å². The molecular formula is C11H22ClNO. The van der Waals surface area contributed by atoms with E-state index in [0.717, 1.165) is 12.8 Å². The van der Waals surface area contributed by atoms with Gasteiger partial charge in [-0.25, -0.2) is 0 Å². The van der Waals surface area contributed by atoms with Crippen molar-refractivity contribution in [2.24, 2.45) is 5.41 Å². The summed E-state index contributed by atoms with van der Waals surface area (Å²) in [6.45, 7) is 7.97. The van der Waals surface area contributed by atoms with Gasteiger partial charge in [0.25, 0.3) is 0 Å². The predicted molar refractivity (Wildman–Crippen MR) is 61.6 cm³/mol. The van der Waals surface area contributed by atoms with Gasteiger partial charge in [-0.2, -0.15) is 0 Å². The molecule has 84 valence electrons. The van der Waals surface area contributed by atoms with Crippen LogP contribution in [0.1, 0.15) is 40.5 Å². The Kier molecular flexibility index (Phi) is 5.50. The SMILES string of the molecule is CCCC(C)N(C)C(=O)C(C)(C)CCl. The monoisotopic (exact) mass is 219 g/mol. The summed E-state index contributed by atoms with van der Waals surface area (Å²) in [5.41, 5.74) is -0.446. The van der Waals surface area contributed by atoms with E-state index in [4.69, 9.17) is 11.6 Å². The van der Waals surface area contributed by atoms with E-state index < -0.39 is 5.41 Å². The molecule has 1 amide bonds. The second-order valence-corrected chi connectivity index (χ2v) is 4.84. The van der Waals surface area contributed by atoms with E-state index in [1.165, 1.54) is 0 Å². The van der Waals surface area contributed by atoms with Crippen LogP contribution < -0.4 is 0 Å². The second kappa shape index (κ2) is 5.59. The predicted octanol–water partition coefficient (Wildman–Crippen LogP) is 2.90. The van der Waals surface area contributed by atoms with Crippen molar-refractivity contribution >= 4 is 17.5 Å². The van der Waals surface area contributed by atoms with Gasteiger partial charge in [-0.15, -0.1) is 11.6 Å². The van der Waals surface area contributed by atoms with Crippen molar-refractivity contribution in [2.75, 3.05) is 12.9 Å². The minimum absolute atomic E-state index is 0.133. The van der Waals surface area contributed by atoms with Crippen molar-refractivity contribution in [3.63, 3.8) is 0 Å². The van der Waals surface area contributed by atoms with E-state index in [2.05, 4.69) is 13.8 Å². The van der Waals surface area contributed by atoms with Crippen LogP contribution in [0.2, 0.25) is 0 Å². The molecule has 14 heavy (non-hydrogen) atoms. The molecule has 2 nitrogen and oxygen atoms in total. The van der Waals surface area contributed by atoms with Gasteiger partial charge >= 0.3 is 0 Å². The molecule has 0 radical (unpaired) electrons. The Bertz CT molecular complexity index is 192. The molecule has 0 fully saturated rings. The minimum Gasteiger partial charge on any atom is -0.343 e. The van der Waals surface area contributed by atoms with Gasteiger partial charge in [-0.1, -0.05) is 13.3 Å². The maximum atomic E-state index is 12.0. The van der Waals surface area contributed by atoms with Crippen LogP contribution in [-0.2, 0) is 4.79 Å². The number of nitrogens with zero attached hydrogens (tertiary/aromatic N) is 1. The highest BCUT2D eigenvalue weighted by Crippen LogP contribution is 2.21. The molecule has 0 aliphatic heterocycles. The molecule has 0 saturated heterocycles. The number of halogens is 1. The summed E-state index contributed by atoms with van der Waals surface area (Å²) < 4.78 is 0. The summed E-state index contributed by atoms with van der Waals surface area (Å²) in [6, 6.07) is 0.301. The maximum absolute atomic E-state index is 12.0. The van der Waals surface area contributed by atoms with Gasteiger partial charge in [0.1, 0.15) is 0 Å². The van der Waals surface area contributed by atoms with Gasteiger partial charge in [0, 0.05) is 19.0 Å². The quantitative estimate of drug-likeness (QED) is 0.652. The Hall–Kier alpha value is -0.240. The Morgan fingerprint density at radius 3 is 2.36 bits per heavy atom. The molecule has 0 heterocycles. The smallest absolute Gasteiger partial charge is 0.229 e.